The van der Waals surface area contributed by atoms with Gasteiger partial charge in [-0.2, -0.15) is 0 Å². The summed E-state index contributed by atoms with van der Waals surface area (Å²) in [6, 6.07) is 0.554. The molecule has 0 radical (unpaired) electrons. The van der Waals surface area contributed by atoms with Crippen molar-refractivity contribution in [3.63, 3.8) is 0 Å². The summed E-state index contributed by atoms with van der Waals surface area (Å²) >= 11 is 5.26. The van der Waals surface area contributed by atoms with E-state index in [9.17, 15) is 0 Å². The minimum Gasteiger partial charge on any atom is -0.383 e. The molecule has 0 aromatic carbocycles. The molecule has 0 aliphatic heterocycles. The smallest absolute Gasteiger partial charge is 0.226 e. The Kier molecular flexibility index (Phi) is 3.60. The first-order chi connectivity index (χ1) is 7.77. The highest BCUT2D eigenvalue weighted by Crippen LogP contribution is 2.37. The number of methoxy groups -OCH3 is 1. The van der Waals surface area contributed by atoms with Crippen molar-refractivity contribution in [1.29, 1.82) is 0 Å². The van der Waals surface area contributed by atoms with E-state index in [0.717, 1.165) is 23.8 Å². The van der Waals surface area contributed by atoms with E-state index < -0.39 is 0 Å². The first kappa shape index (κ1) is 11.6. The molecule has 0 atom stereocenters. The van der Waals surface area contributed by atoms with Crippen LogP contribution in [-0.2, 0) is 4.74 Å². The van der Waals surface area contributed by atoms with Crippen LogP contribution in [0.1, 0.15) is 25.8 Å². The molecule has 1 saturated carbocycles. The Bertz CT molecular complexity index is 396. The van der Waals surface area contributed by atoms with Crippen molar-refractivity contribution in [2.24, 2.45) is 0 Å². The average molecular weight is 242 g/mol. The summed E-state index contributed by atoms with van der Waals surface area (Å²) in [4.78, 5) is 2.19. The lowest BCUT2D eigenvalue weighted by Gasteiger charge is -2.21. The number of hydrogen-bond donors (Lipinski definition) is 1. The molecule has 1 aromatic rings. The predicted molar refractivity (Wildman–Crippen MR) is 65.4 cm³/mol. The summed E-state index contributed by atoms with van der Waals surface area (Å²) in [6.07, 6.45) is 2.42. The lowest BCUT2D eigenvalue weighted by molar-refractivity contribution is 0.205. The molecule has 1 aliphatic carbocycles. The summed E-state index contributed by atoms with van der Waals surface area (Å²) < 4.78 is 7.97. The third-order valence-electron chi connectivity index (χ3n) is 2.83. The Balaban J connectivity index is 2.19. The van der Waals surface area contributed by atoms with Gasteiger partial charge in [0.2, 0.25) is 5.95 Å². The number of aromatic amines is 1. The monoisotopic (exact) mass is 242 g/mol. The van der Waals surface area contributed by atoms with Gasteiger partial charge in [0.15, 0.2) is 4.77 Å². The van der Waals surface area contributed by atoms with Gasteiger partial charge in [-0.3, -0.25) is 4.57 Å². The number of likely N-dealkylation sites (N-methyl/N-ethyl adjacent to an activating group) is 1. The molecule has 6 heteroatoms. The van der Waals surface area contributed by atoms with Crippen LogP contribution in [0, 0.1) is 4.77 Å². The first-order valence-electron chi connectivity index (χ1n) is 5.68. The molecule has 1 aliphatic rings. The van der Waals surface area contributed by atoms with E-state index in [0.29, 0.717) is 12.6 Å². The second kappa shape index (κ2) is 4.97. The van der Waals surface area contributed by atoms with Crippen LogP contribution in [0.15, 0.2) is 0 Å². The van der Waals surface area contributed by atoms with Crippen LogP contribution in [-0.4, -0.2) is 41.6 Å². The molecule has 1 N–H and O–H groups in total. The average Bonchev–Trinajstić information content (AvgIpc) is 3.05. The van der Waals surface area contributed by atoms with Crippen LogP contribution >= 0.6 is 12.2 Å². The van der Waals surface area contributed by atoms with Gasteiger partial charge < -0.3 is 9.64 Å². The zero-order chi connectivity index (χ0) is 11.5. The van der Waals surface area contributed by atoms with Gasteiger partial charge in [0.1, 0.15) is 0 Å². The minimum atomic E-state index is 0.554. The van der Waals surface area contributed by atoms with Crippen LogP contribution in [0.4, 0.5) is 5.95 Å². The number of ether oxygens (including phenoxy) is 1. The zero-order valence-corrected chi connectivity index (χ0v) is 10.6. The van der Waals surface area contributed by atoms with Crippen LogP contribution in [0.3, 0.4) is 0 Å². The maximum atomic E-state index is 5.26. The molecule has 1 aromatic heterocycles. The molecular formula is C10H18N4OS. The molecular weight excluding hydrogens is 224 g/mol. The fourth-order valence-corrected chi connectivity index (χ4v) is 2.06. The maximum Gasteiger partial charge on any atom is 0.226 e. The van der Waals surface area contributed by atoms with Crippen molar-refractivity contribution in [2.75, 3.05) is 31.7 Å². The number of hydrogen-bond acceptors (Lipinski definition) is 4. The van der Waals surface area contributed by atoms with E-state index in [2.05, 4.69) is 26.6 Å². The zero-order valence-electron chi connectivity index (χ0n) is 9.77. The molecule has 0 spiro atoms. The van der Waals surface area contributed by atoms with Crippen molar-refractivity contribution in [1.82, 2.24) is 14.8 Å². The molecule has 2 rings (SSSR count). The SMILES string of the molecule is CCN(CCOC)c1n[nH]c(=S)n1C1CC1. The molecule has 16 heavy (non-hydrogen) atoms. The van der Waals surface area contributed by atoms with E-state index >= 15 is 0 Å². The molecule has 1 heterocycles. The van der Waals surface area contributed by atoms with E-state index in [1.807, 2.05) is 0 Å². The highest BCUT2D eigenvalue weighted by atomic mass is 32.1. The van der Waals surface area contributed by atoms with Crippen molar-refractivity contribution in [3.8, 4) is 0 Å². The molecule has 1 fully saturated rings. The molecule has 0 unspecified atom stereocenters. The summed E-state index contributed by atoms with van der Waals surface area (Å²) in [5, 5.41) is 7.20. The summed E-state index contributed by atoms with van der Waals surface area (Å²) in [5.41, 5.74) is 0. The highest BCUT2D eigenvalue weighted by molar-refractivity contribution is 7.71. The van der Waals surface area contributed by atoms with Gasteiger partial charge in [-0.15, -0.1) is 5.10 Å². The number of rotatable bonds is 6. The number of nitrogens with zero attached hydrogens (tertiary/aromatic N) is 3. The largest absolute Gasteiger partial charge is 0.383 e. The molecule has 0 bridgehead atoms. The third-order valence-corrected chi connectivity index (χ3v) is 3.12. The summed E-state index contributed by atoms with van der Waals surface area (Å²) in [6.45, 7) is 4.58. The summed E-state index contributed by atoms with van der Waals surface area (Å²) in [5.74, 6) is 0.951. The second-order valence-corrected chi connectivity index (χ2v) is 4.39. The van der Waals surface area contributed by atoms with Gasteiger partial charge in [0.25, 0.3) is 0 Å². The molecule has 5 nitrogen and oxygen atoms in total. The fraction of sp³-hybridized carbons (Fsp3) is 0.800. The van der Waals surface area contributed by atoms with Crippen molar-refractivity contribution in [2.45, 2.75) is 25.8 Å². The van der Waals surface area contributed by atoms with Gasteiger partial charge in [-0.05, 0) is 32.0 Å². The van der Waals surface area contributed by atoms with E-state index in [-0.39, 0.29) is 0 Å². The topological polar surface area (TPSA) is 46.1 Å². The van der Waals surface area contributed by atoms with Crippen molar-refractivity contribution < 1.29 is 4.74 Å². The number of nitrogens with one attached hydrogen (secondary N) is 1. The second-order valence-electron chi connectivity index (χ2n) is 4.00. The van der Waals surface area contributed by atoms with Gasteiger partial charge in [-0.25, -0.2) is 5.10 Å². The maximum absolute atomic E-state index is 5.26. The molecule has 90 valence electrons. The Morgan fingerprint density at radius 2 is 2.38 bits per heavy atom. The number of anilines is 1. The Morgan fingerprint density at radius 1 is 1.62 bits per heavy atom. The number of H-pyrrole nitrogens is 1. The van der Waals surface area contributed by atoms with Crippen LogP contribution in [0.5, 0.6) is 0 Å². The predicted octanol–water partition coefficient (Wildman–Crippen LogP) is 1.75. The van der Waals surface area contributed by atoms with Gasteiger partial charge in [0.05, 0.1) is 6.61 Å². The quantitative estimate of drug-likeness (QED) is 0.772. The lowest BCUT2D eigenvalue weighted by Crippen LogP contribution is -2.29. The van der Waals surface area contributed by atoms with Gasteiger partial charge >= 0.3 is 0 Å². The highest BCUT2D eigenvalue weighted by Gasteiger charge is 2.28. The number of aromatic nitrogens is 3. The van der Waals surface area contributed by atoms with E-state index in [4.69, 9.17) is 17.0 Å². The normalized spacial score (nSPS) is 15.4. The standard InChI is InChI=1S/C10H18N4OS/c1-3-13(6-7-15-2)9-11-12-10(16)14(9)8-4-5-8/h8H,3-7H2,1-2H3,(H,12,16). The fourth-order valence-electron chi connectivity index (χ4n) is 1.78. The lowest BCUT2D eigenvalue weighted by atomic mass is 10.5. The van der Waals surface area contributed by atoms with Crippen LogP contribution < -0.4 is 4.90 Å². The van der Waals surface area contributed by atoms with Crippen molar-refractivity contribution >= 4 is 18.2 Å². The molecule has 0 amide bonds. The minimum absolute atomic E-state index is 0.554. The third kappa shape index (κ3) is 2.27. The van der Waals surface area contributed by atoms with Gasteiger partial charge in [0, 0.05) is 26.2 Å². The Labute approximate surface area is 100 Å². The Morgan fingerprint density at radius 3 is 2.94 bits per heavy atom. The van der Waals surface area contributed by atoms with Crippen LogP contribution in [0.25, 0.3) is 0 Å². The van der Waals surface area contributed by atoms with Gasteiger partial charge in [-0.1, -0.05) is 0 Å². The van der Waals surface area contributed by atoms with E-state index in [1.54, 1.807) is 7.11 Å². The summed E-state index contributed by atoms with van der Waals surface area (Å²) in [7, 11) is 1.71. The van der Waals surface area contributed by atoms with Crippen molar-refractivity contribution in [3.05, 3.63) is 4.77 Å². The van der Waals surface area contributed by atoms with E-state index in [1.165, 1.54) is 12.8 Å². The molecule has 0 saturated heterocycles. The van der Waals surface area contributed by atoms with Crippen LogP contribution in [0.2, 0.25) is 0 Å². The first-order valence-corrected chi connectivity index (χ1v) is 6.09. The Hall–Kier alpha value is -0.880.